The maximum absolute atomic E-state index is 11.4. The fourth-order valence-electron chi connectivity index (χ4n) is 7.68. The van der Waals surface area contributed by atoms with Crippen molar-refractivity contribution in [1.29, 1.82) is 0 Å². The van der Waals surface area contributed by atoms with E-state index in [0.29, 0.717) is 17.3 Å². The molecule has 4 fully saturated rings. The Hall–Kier alpha value is -1.39. The Morgan fingerprint density at radius 3 is 2.54 bits per heavy atom. The zero-order valence-electron chi connectivity index (χ0n) is 17.9. The van der Waals surface area contributed by atoms with Gasteiger partial charge in [-0.2, -0.15) is 5.10 Å². The van der Waals surface area contributed by atoms with E-state index >= 15 is 0 Å². The summed E-state index contributed by atoms with van der Waals surface area (Å²) in [5.41, 5.74) is 4.46. The van der Waals surface area contributed by atoms with Crippen LogP contribution in [0.25, 0.3) is 0 Å². The van der Waals surface area contributed by atoms with Gasteiger partial charge in [-0.05, 0) is 86.9 Å². The summed E-state index contributed by atoms with van der Waals surface area (Å²) in [6.45, 7) is 7.99. The Balaban J connectivity index is 1.52. The topological polar surface area (TPSA) is 67.8 Å². The van der Waals surface area contributed by atoms with Crippen molar-refractivity contribution in [3.05, 3.63) is 0 Å². The summed E-state index contributed by atoms with van der Waals surface area (Å²) in [4.78, 5) is 22.7. The largest absolute Gasteiger partial charge is 0.463 e. The van der Waals surface area contributed by atoms with Crippen molar-refractivity contribution in [3.8, 4) is 0 Å². The van der Waals surface area contributed by atoms with Gasteiger partial charge in [-0.25, -0.2) is 5.43 Å². The maximum atomic E-state index is 11.4. The number of nitrogens with one attached hydrogen (secondary N) is 1. The second-order valence-electron chi connectivity index (χ2n) is 10.4. The second-order valence-corrected chi connectivity index (χ2v) is 10.4. The van der Waals surface area contributed by atoms with Gasteiger partial charge in [0.25, 0.3) is 0 Å². The van der Waals surface area contributed by atoms with Gasteiger partial charge in [-0.1, -0.05) is 13.8 Å². The lowest BCUT2D eigenvalue weighted by molar-refractivity contribution is -0.158. The van der Waals surface area contributed by atoms with E-state index in [9.17, 15) is 9.59 Å². The average molecular weight is 389 g/mol. The highest BCUT2D eigenvalue weighted by Crippen LogP contribution is 2.65. The molecule has 0 radical (unpaired) electrons. The summed E-state index contributed by atoms with van der Waals surface area (Å²) < 4.78 is 5.58. The predicted octanol–water partition coefficient (Wildman–Crippen LogP) is 4.45. The molecule has 5 nitrogen and oxygen atoms in total. The van der Waals surface area contributed by atoms with Gasteiger partial charge in [-0.15, -0.1) is 0 Å². The van der Waals surface area contributed by atoms with Crippen LogP contribution in [0.2, 0.25) is 0 Å². The van der Waals surface area contributed by atoms with Crippen LogP contribution in [0.4, 0.5) is 0 Å². The van der Waals surface area contributed by atoms with Crippen LogP contribution in [0.5, 0.6) is 0 Å². The highest BCUT2D eigenvalue weighted by molar-refractivity contribution is 5.93. The van der Waals surface area contributed by atoms with Gasteiger partial charge in [0.15, 0.2) is 0 Å². The molecule has 0 saturated heterocycles. The van der Waals surface area contributed by atoms with Crippen molar-refractivity contribution in [2.45, 2.75) is 91.6 Å². The molecule has 5 heteroatoms. The minimum Gasteiger partial charge on any atom is -0.463 e. The van der Waals surface area contributed by atoms with Crippen LogP contribution in [-0.4, -0.2) is 23.7 Å². The number of esters is 1. The zero-order valence-corrected chi connectivity index (χ0v) is 17.9. The van der Waals surface area contributed by atoms with Gasteiger partial charge in [-0.3, -0.25) is 9.59 Å². The minimum atomic E-state index is -0.132. The minimum absolute atomic E-state index is 0.0780. The van der Waals surface area contributed by atoms with Crippen LogP contribution in [0.1, 0.15) is 85.5 Å². The van der Waals surface area contributed by atoms with Gasteiger partial charge in [0, 0.05) is 25.0 Å². The first kappa shape index (κ1) is 19.9. The number of carbonyl (C=O) groups is 2. The highest BCUT2D eigenvalue weighted by atomic mass is 16.5. The van der Waals surface area contributed by atoms with Gasteiger partial charge in [0.2, 0.25) is 5.91 Å². The molecule has 0 bridgehead atoms. The number of hydrogen-bond donors (Lipinski definition) is 1. The summed E-state index contributed by atoms with van der Waals surface area (Å²) in [5.74, 6) is 2.73. The van der Waals surface area contributed by atoms with E-state index in [4.69, 9.17) is 4.74 Å². The molecule has 4 saturated carbocycles. The van der Waals surface area contributed by atoms with Gasteiger partial charge in [0.1, 0.15) is 6.10 Å². The average Bonchev–Trinajstić information content (AvgIpc) is 2.96. The Morgan fingerprint density at radius 1 is 1.04 bits per heavy atom. The van der Waals surface area contributed by atoms with Gasteiger partial charge >= 0.3 is 5.97 Å². The lowest BCUT2D eigenvalue weighted by atomic mass is 9.45. The van der Waals surface area contributed by atoms with E-state index in [1.807, 2.05) is 0 Å². The van der Waals surface area contributed by atoms with E-state index in [1.165, 1.54) is 58.1 Å². The van der Waals surface area contributed by atoms with Crippen LogP contribution in [0.3, 0.4) is 0 Å². The molecule has 4 rings (SSSR count). The van der Waals surface area contributed by atoms with E-state index in [0.717, 1.165) is 31.1 Å². The van der Waals surface area contributed by atoms with E-state index in [-0.39, 0.29) is 23.4 Å². The van der Waals surface area contributed by atoms with E-state index < -0.39 is 0 Å². The number of ether oxygens (including phenoxy) is 1. The fraction of sp³-hybridized carbons (Fsp3) is 0.870. The third-order valence-electron chi connectivity index (χ3n) is 9.04. The molecule has 0 aromatic carbocycles. The summed E-state index contributed by atoms with van der Waals surface area (Å²) in [6, 6.07) is 0. The van der Waals surface area contributed by atoms with Crippen LogP contribution in [0, 0.1) is 34.5 Å². The molecule has 0 aromatic heterocycles. The standard InChI is InChI=1S/C23H36N2O3/c1-14(26)24-25-21-8-7-19-18-6-5-16-13-17(28-15(2)27)9-11-22(16,3)20(18)10-12-23(19,21)4/h16-20H,5-13H2,1-4H3,(H,24,26)/b25-21-/t16-,17-,18+,19+,20-,22-,23-/m0/s1. The quantitative estimate of drug-likeness (QED) is 0.561. The van der Waals surface area contributed by atoms with Crippen LogP contribution in [0.15, 0.2) is 5.10 Å². The molecule has 7 atom stereocenters. The molecular weight excluding hydrogens is 352 g/mol. The predicted molar refractivity (Wildman–Crippen MR) is 109 cm³/mol. The first-order valence-corrected chi connectivity index (χ1v) is 11.2. The number of hydrogen-bond acceptors (Lipinski definition) is 4. The first-order valence-electron chi connectivity index (χ1n) is 11.2. The van der Waals surface area contributed by atoms with Crippen LogP contribution >= 0.6 is 0 Å². The monoisotopic (exact) mass is 388 g/mol. The molecule has 0 aromatic rings. The van der Waals surface area contributed by atoms with Crippen molar-refractivity contribution >= 4 is 17.6 Å². The van der Waals surface area contributed by atoms with Gasteiger partial charge in [0.05, 0.1) is 0 Å². The van der Waals surface area contributed by atoms with Crippen molar-refractivity contribution in [2.24, 2.45) is 39.6 Å². The second kappa shape index (κ2) is 7.14. The molecule has 0 unspecified atom stereocenters. The SMILES string of the molecule is CC(=O)N/N=C1/CC[C@@H]2[C@H]3CC[C@H]4C[C@@H](OC(C)=O)CC[C@]4(C)[C@H]3CC[C@]12C. The molecule has 28 heavy (non-hydrogen) atoms. The molecular formula is C23H36N2O3. The smallest absolute Gasteiger partial charge is 0.302 e. The Kier molecular flexibility index (Phi) is 5.08. The molecule has 0 spiro atoms. The lowest BCUT2D eigenvalue weighted by Gasteiger charge is -2.60. The Morgan fingerprint density at radius 2 is 1.82 bits per heavy atom. The van der Waals surface area contributed by atoms with Crippen molar-refractivity contribution in [2.75, 3.05) is 0 Å². The third-order valence-corrected chi connectivity index (χ3v) is 9.04. The number of amides is 1. The van der Waals surface area contributed by atoms with E-state index in [1.54, 1.807) is 0 Å². The number of rotatable bonds is 2. The molecule has 1 N–H and O–H groups in total. The number of carbonyl (C=O) groups excluding carboxylic acids is 2. The molecule has 0 aliphatic heterocycles. The molecule has 0 heterocycles. The fourth-order valence-corrected chi connectivity index (χ4v) is 7.68. The van der Waals surface area contributed by atoms with Crippen molar-refractivity contribution in [1.82, 2.24) is 5.43 Å². The lowest BCUT2D eigenvalue weighted by Crippen LogP contribution is -2.54. The third kappa shape index (κ3) is 3.19. The normalized spacial score (nSPS) is 46.3. The Bertz CT molecular complexity index is 689. The number of hydrazone groups is 1. The van der Waals surface area contributed by atoms with Crippen LogP contribution < -0.4 is 5.43 Å². The van der Waals surface area contributed by atoms with Crippen LogP contribution in [-0.2, 0) is 14.3 Å². The molecule has 4 aliphatic rings. The molecule has 156 valence electrons. The first-order chi connectivity index (χ1) is 13.2. The summed E-state index contributed by atoms with van der Waals surface area (Å²) >= 11 is 0. The number of nitrogens with zero attached hydrogens (tertiary/aromatic N) is 1. The van der Waals surface area contributed by atoms with Crippen molar-refractivity contribution < 1.29 is 14.3 Å². The highest BCUT2D eigenvalue weighted by Gasteiger charge is 2.59. The molecule has 4 aliphatic carbocycles. The molecule has 1 amide bonds. The maximum Gasteiger partial charge on any atom is 0.302 e. The Labute approximate surface area is 169 Å². The summed E-state index contributed by atoms with van der Waals surface area (Å²) in [7, 11) is 0. The number of fused-ring (bicyclic) bond motifs is 5. The van der Waals surface area contributed by atoms with E-state index in [2.05, 4.69) is 24.4 Å². The van der Waals surface area contributed by atoms with Crippen molar-refractivity contribution in [3.63, 3.8) is 0 Å². The van der Waals surface area contributed by atoms with Gasteiger partial charge < -0.3 is 4.74 Å². The summed E-state index contributed by atoms with van der Waals surface area (Å²) in [5, 5.41) is 4.52. The zero-order chi connectivity index (χ0) is 20.1. The summed E-state index contributed by atoms with van der Waals surface area (Å²) in [6.07, 6.45) is 10.6.